The second-order valence-electron chi connectivity index (χ2n) is 9.41. The Morgan fingerprint density at radius 2 is 2.03 bits per heavy atom. The van der Waals surface area contributed by atoms with E-state index in [0.717, 1.165) is 46.4 Å². The highest BCUT2D eigenvalue weighted by Gasteiger charge is 2.27. The van der Waals surface area contributed by atoms with Gasteiger partial charge >= 0.3 is 0 Å². The number of amides is 1. The molecule has 0 spiro atoms. The molecule has 1 aliphatic heterocycles. The van der Waals surface area contributed by atoms with Crippen molar-refractivity contribution in [3.63, 3.8) is 0 Å². The Kier molecular flexibility index (Phi) is 6.95. The number of carbonyl (C=O) groups is 1. The van der Waals surface area contributed by atoms with Gasteiger partial charge in [0.25, 0.3) is 5.91 Å². The number of aryl methyl sites for hydroxylation is 1. The predicted molar refractivity (Wildman–Crippen MR) is 137 cm³/mol. The van der Waals surface area contributed by atoms with Gasteiger partial charge in [-0.05, 0) is 56.2 Å². The summed E-state index contributed by atoms with van der Waals surface area (Å²) >= 11 is 0. The summed E-state index contributed by atoms with van der Waals surface area (Å²) in [5, 5.41) is 8.04. The van der Waals surface area contributed by atoms with Crippen molar-refractivity contribution in [3.8, 4) is 0 Å². The van der Waals surface area contributed by atoms with E-state index in [1.807, 2.05) is 37.1 Å². The maximum absolute atomic E-state index is 14.6. The maximum atomic E-state index is 14.6. The SMILES string of the molecule is Cc1ccc2nc(N(C)Cc3ccn[nH]3)c(CN(CC3CCCO3)C(=O)c3ccccc3F)cc2c1. The Balaban J connectivity index is 1.54. The number of rotatable bonds is 8. The number of pyridine rings is 1. The van der Waals surface area contributed by atoms with Crippen molar-refractivity contribution < 1.29 is 13.9 Å². The number of halogens is 1. The Bertz CT molecular complexity index is 1350. The first-order chi connectivity index (χ1) is 17.5. The van der Waals surface area contributed by atoms with E-state index in [2.05, 4.69) is 22.3 Å². The van der Waals surface area contributed by atoms with Gasteiger partial charge in [0.05, 0.1) is 29.4 Å². The van der Waals surface area contributed by atoms with Gasteiger partial charge in [0.2, 0.25) is 0 Å². The third kappa shape index (κ3) is 5.23. The number of H-pyrrole nitrogens is 1. The van der Waals surface area contributed by atoms with E-state index >= 15 is 0 Å². The maximum Gasteiger partial charge on any atom is 0.257 e. The minimum Gasteiger partial charge on any atom is -0.376 e. The lowest BCUT2D eigenvalue weighted by atomic mass is 10.1. The molecule has 1 saturated heterocycles. The van der Waals surface area contributed by atoms with Crippen LogP contribution in [-0.2, 0) is 17.8 Å². The molecule has 7 nitrogen and oxygen atoms in total. The van der Waals surface area contributed by atoms with Gasteiger partial charge in [0.15, 0.2) is 0 Å². The van der Waals surface area contributed by atoms with Crippen LogP contribution in [0.1, 0.15) is 40.0 Å². The van der Waals surface area contributed by atoms with Gasteiger partial charge in [-0.25, -0.2) is 9.37 Å². The summed E-state index contributed by atoms with van der Waals surface area (Å²) in [6.45, 7) is 3.98. The van der Waals surface area contributed by atoms with Crippen LogP contribution in [0.25, 0.3) is 10.9 Å². The topological polar surface area (TPSA) is 74.3 Å². The molecule has 3 heterocycles. The second-order valence-corrected chi connectivity index (χ2v) is 9.41. The van der Waals surface area contributed by atoms with Crippen molar-refractivity contribution in [2.45, 2.75) is 39.0 Å². The van der Waals surface area contributed by atoms with Crippen LogP contribution in [0.4, 0.5) is 10.2 Å². The molecule has 4 aromatic rings. The highest BCUT2D eigenvalue weighted by atomic mass is 19.1. The third-order valence-electron chi connectivity index (χ3n) is 6.55. The monoisotopic (exact) mass is 487 g/mol. The molecule has 1 unspecified atom stereocenters. The number of hydrogen-bond donors (Lipinski definition) is 1. The Labute approximate surface area is 209 Å². The third-order valence-corrected chi connectivity index (χ3v) is 6.55. The molecule has 2 aromatic carbocycles. The summed E-state index contributed by atoms with van der Waals surface area (Å²) < 4.78 is 20.5. The van der Waals surface area contributed by atoms with Gasteiger partial charge in [0.1, 0.15) is 11.6 Å². The lowest BCUT2D eigenvalue weighted by molar-refractivity contribution is 0.0504. The molecule has 1 N–H and O–H groups in total. The number of hydrogen-bond acceptors (Lipinski definition) is 5. The normalized spacial score (nSPS) is 15.4. The standard InChI is InChI=1S/C28H30FN5O2/c1-19-9-10-26-20(14-19)15-21(27(31-26)33(2)17-22-11-12-30-32-22)16-34(18-23-6-5-13-36-23)28(35)24-7-3-4-8-25(24)29/h3-4,7-12,14-15,23H,5-6,13,16-18H2,1-2H3,(H,30,32). The van der Waals surface area contributed by atoms with Crippen LogP contribution in [0.3, 0.4) is 0 Å². The molecule has 0 saturated carbocycles. The van der Waals surface area contributed by atoms with Gasteiger partial charge in [-0.3, -0.25) is 9.89 Å². The van der Waals surface area contributed by atoms with E-state index in [1.54, 1.807) is 23.2 Å². The van der Waals surface area contributed by atoms with Crippen LogP contribution in [-0.4, -0.2) is 52.3 Å². The lowest BCUT2D eigenvalue weighted by Crippen LogP contribution is -2.38. The summed E-state index contributed by atoms with van der Waals surface area (Å²) in [5.41, 5.74) is 3.91. The van der Waals surface area contributed by atoms with E-state index < -0.39 is 5.82 Å². The number of benzene rings is 2. The van der Waals surface area contributed by atoms with Crippen LogP contribution in [0.15, 0.2) is 60.8 Å². The Hall–Kier alpha value is -3.78. The van der Waals surface area contributed by atoms with Crippen molar-refractivity contribution in [3.05, 3.63) is 89.0 Å². The van der Waals surface area contributed by atoms with E-state index in [1.165, 1.54) is 12.1 Å². The molecule has 5 rings (SSSR count). The summed E-state index contributed by atoms with van der Waals surface area (Å²) in [4.78, 5) is 22.3. The molecular formula is C28H30FN5O2. The number of nitrogens with zero attached hydrogens (tertiary/aromatic N) is 4. The second kappa shape index (κ2) is 10.5. The number of fused-ring (bicyclic) bond motifs is 1. The van der Waals surface area contributed by atoms with Crippen molar-refractivity contribution >= 4 is 22.6 Å². The van der Waals surface area contributed by atoms with E-state index in [-0.39, 0.29) is 24.1 Å². The van der Waals surface area contributed by atoms with Crippen LogP contribution in [0, 0.1) is 12.7 Å². The summed E-state index contributed by atoms with van der Waals surface area (Å²) in [5.74, 6) is -0.113. The van der Waals surface area contributed by atoms with Gasteiger partial charge in [0, 0.05) is 43.9 Å². The van der Waals surface area contributed by atoms with Gasteiger partial charge in [-0.2, -0.15) is 5.10 Å². The fraction of sp³-hybridized carbons (Fsp3) is 0.321. The van der Waals surface area contributed by atoms with Crippen molar-refractivity contribution in [2.24, 2.45) is 0 Å². The molecular weight excluding hydrogens is 457 g/mol. The number of aromatic nitrogens is 3. The zero-order valence-electron chi connectivity index (χ0n) is 20.6. The summed E-state index contributed by atoms with van der Waals surface area (Å²) in [6.07, 6.45) is 3.49. The average Bonchev–Trinajstić information content (AvgIpc) is 3.57. The van der Waals surface area contributed by atoms with Crippen LogP contribution >= 0.6 is 0 Å². The van der Waals surface area contributed by atoms with Crippen LogP contribution < -0.4 is 4.90 Å². The first-order valence-electron chi connectivity index (χ1n) is 12.2. The molecule has 8 heteroatoms. The van der Waals surface area contributed by atoms with E-state index in [9.17, 15) is 9.18 Å². The zero-order valence-corrected chi connectivity index (χ0v) is 20.6. The smallest absolute Gasteiger partial charge is 0.257 e. The molecule has 0 bridgehead atoms. The largest absolute Gasteiger partial charge is 0.376 e. The molecule has 1 amide bonds. The van der Waals surface area contributed by atoms with Crippen LogP contribution in [0.2, 0.25) is 0 Å². The van der Waals surface area contributed by atoms with E-state index in [0.29, 0.717) is 19.7 Å². The molecule has 36 heavy (non-hydrogen) atoms. The molecule has 186 valence electrons. The number of ether oxygens (including phenoxy) is 1. The highest BCUT2D eigenvalue weighted by molar-refractivity contribution is 5.94. The Morgan fingerprint density at radius 1 is 1.17 bits per heavy atom. The summed E-state index contributed by atoms with van der Waals surface area (Å²) in [6, 6.07) is 16.3. The first kappa shape index (κ1) is 23.9. The Morgan fingerprint density at radius 3 is 2.78 bits per heavy atom. The number of carbonyl (C=O) groups excluding carboxylic acids is 1. The van der Waals surface area contributed by atoms with Gasteiger partial charge in [-0.1, -0.05) is 23.8 Å². The van der Waals surface area contributed by atoms with Gasteiger partial charge in [-0.15, -0.1) is 0 Å². The fourth-order valence-corrected chi connectivity index (χ4v) is 4.74. The molecule has 1 aliphatic rings. The predicted octanol–water partition coefficient (Wildman–Crippen LogP) is 4.86. The fourth-order valence-electron chi connectivity index (χ4n) is 4.74. The molecule has 0 radical (unpaired) electrons. The first-order valence-corrected chi connectivity index (χ1v) is 12.2. The van der Waals surface area contributed by atoms with Gasteiger partial charge < -0.3 is 14.5 Å². The molecule has 0 aliphatic carbocycles. The molecule has 1 atom stereocenters. The lowest BCUT2D eigenvalue weighted by Gasteiger charge is -2.28. The molecule has 1 fully saturated rings. The minimum atomic E-state index is -0.524. The van der Waals surface area contributed by atoms with Crippen molar-refractivity contribution in [1.82, 2.24) is 20.1 Å². The molecule has 2 aromatic heterocycles. The quantitative estimate of drug-likeness (QED) is 0.384. The minimum absolute atomic E-state index is 0.0625. The number of anilines is 1. The highest BCUT2D eigenvalue weighted by Crippen LogP contribution is 2.28. The van der Waals surface area contributed by atoms with Crippen molar-refractivity contribution in [1.29, 1.82) is 0 Å². The van der Waals surface area contributed by atoms with E-state index in [4.69, 9.17) is 9.72 Å². The summed E-state index contributed by atoms with van der Waals surface area (Å²) in [7, 11) is 1.97. The van der Waals surface area contributed by atoms with Crippen molar-refractivity contribution in [2.75, 3.05) is 25.1 Å². The van der Waals surface area contributed by atoms with Crippen LogP contribution in [0.5, 0.6) is 0 Å². The number of aromatic amines is 1. The zero-order chi connectivity index (χ0) is 25.1. The number of nitrogens with one attached hydrogen (secondary N) is 1. The average molecular weight is 488 g/mol.